The van der Waals surface area contributed by atoms with Crippen LogP contribution in [0.1, 0.15) is 5.69 Å². The van der Waals surface area contributed by atoms with Crippen molar-refractivity contribution in [2.75, 3.05) is 6.54 Å². The second kappa shape index (κ2) is 5.15. The molecule has 4 nitrogen and oxygen atoms in total. The highest BCUT2D eigenvalue weighted by Gasteiger charge is 2.48. The first-order valence-electron chi connectivity index (χ1n) is 4.77. The Bertz CT molecular complexity index is 391. The maximum absolute atomic E-state index is 12.5. The van der Waals surface area contributed by atoms with Gasteiger partial charge >= 0.3 is 12.3 Å². The van der Waals surface area contributed by atoms with Gasteiger partial charge in [0.15, 0.2) is 0 Å². The molecule has 1 N–H and O–H groups in total. The lowest BCUT2D eigenvalue weighted by atomic mass is 10.3. The largest absolute Gasteiger partial charge is 0.383 e. The van der Waals surface area contributed by atoms with E-state index in [9.17, 15) is 22.4 Å². The molecule has 0 atom stereocenters. The molecular weight excluding hydrogens is 242 g/mol. The van der Waals surface area contributed by atoms with Gasteiger partial charge in [-0.25, -0.2) is 8.78 Å². The first-order chi connectivity index (χ1) is 7.85. The number of nitrogens with one attached hydrogen (secondary N) is 1. The normalized spacial score (nSPS) is 11.9. The van der Waals surface area contributed by atoms with Crippen molar-refractivity contribution in [2.24, 2.45) is 7.05 Å². The fourth-order valence-electron chi connectivity index (χ4n) is 1.17. The van der Waals surface area contributed by atoms with Crippen LogP contribution < -0.4 is 5.32 Å². The summed E-state index contributed by atoms with van der Waals surface area (Å²) in [5.74, 6) is -6.61. The molecule has 0 fully saturated rings. The monoisotopic (exact) mass is 253 g/mol. The predicted molar refractivity (Wildman–Crippen MR) is 50.9 cm³/mol. The molecule has 8 heteroatoms. The second-order valence-corrected chi connectivity index (χ2v) is 3.38. The van der Waals surface area contributed by atoms with Crippen LogP contribution in [0, 0.1) is 0 Å². The Kier molecular flexibility index (Phi) is 4.08. The molecule has 1 rings (SSSR count). The van der Waals surface area contributed by atoms with Crippen LogP contribution >= 0.6 is 0 Å². The third kappa shape index (κ3) is 3.18. The Morgan fingerprint density at radius 1 is 1.59 bits per heavy atom. The second-order valence-electron chi connectivity index (χ2n) is 3.38. The van der Waals surface area contributed by atoms with Crippen molar-refractivity contribution in [2.45, 2.75) is 18.8 Å². The van der Waals surface area contributed by atoms with Crippen molar-refractivity contribution < 1.29 is 22.4 Å². The van der Waals surface area contributed by atoms with Crippen molar-refractivity contribution in [3.8, 4) is 0 Å². The third-order valence-corrected chi connectivity index (χ3v) is 2.17. The van der Waals surface area contributed by atoms with Gasteiger partial charge in [-0.3, -0.25) is 9.48 Å². The molecule has 1 aromatic heterocycles. The van der Waals surface area contributed by atoms with Gasteiger partial charge in [-0.2, -0.15) is 13.9 Å². The number of aryl methyl sites for hydroxylation is 1. The summed E-state index contributed by atoms with van der Waals surface area (Å²) in [6, 6.07) is 1.64. The number of hydrogen-bond acceptors (Lipinski definition) is 2. The molecule has 96 valence electrons. The maximum atomic E-state index is 12.5. The Morgan fingerprint density at radius 2 is 2.24 bits per heavy atom. The Labute approximate surface area is 94.6 Å². The SMILES string of the molecule is Cn1nccc1CCNC(=O)C(F)(F)C(F)F. The van der Waals surface area contributed by atoms with Crippen LogP contribution in [0.5, 0.6) is 0 Å². The van der Waals surface area contributed by atoms with Crippen molar-refractivity contribution >= 4 is 5.91 Å². The van der Waals surface area contributed by atoms with Gasteiger partial charge in [-0.05, 0) is 6.07 Å². The highest BCUT2D eigenvalue weighted by molar-refractivity contribution is 5.83. The van der Waals surface area contributed by atoms with Gasteiger partial charge in [-0.15, -0.1) is 0 Å². The zero-order chi connectivity index (χ0) is 13.1. The van der Waals surface area contributed by atoms with E-state index in [4.69, 9.17) is 0 Å². The standard InChI is InChI=1S/C9H11F4N3O/c1-16-6(3-5-15-16)2-4-14-8(17)9(12,13)7(10)11/h3,5,7H,2,4H2,1H3,(H,14,17). The van der Waals surface area contributed by atoms with E-state index in [1.165, 1.54) is 10.9 Å². The van der Waals surface area contributed by atoms with Crippen molar-refractivity contribution in [3.63, 3.8) is 0 Å². The van der Waals surface area contributed by atoms with Gasteiger partial charge in [-0.1, -0.05) is 0 Å². The number of rotatable bonds is 5. The smallest absolute Gasteiger partial charge is 0.350 e. The average molecular weight is 253 g/mol. The molecule has 0 saturated heterocycles. The summed E-state index contributed by atoms with van der Waals surface area (Å²) in [5, 5.41) is 5.59. The minimum absolute atomic E-state index is 0.152. The van der Waals surface area contributed by atoms with E-state index in [0.29, 0.717) is 5.69 Å². The molecule has 0 aliphatic rings. The molecule has 1 aromatic rings. The van der Waals surface area contributed by atoms with E-state index < -0.39 is 18.3 Å². The highest BCUT2D eigenvalue weighted by atomic mass is 19.3. The number of amides is 1. The number of nitrogens with zero attached hydrogens (tertiary/aromatic N) is 2. The number of halogens is 4. The van der Waals surface area contributed by atoms with Gasteiger partial charge in [0.25, 0.3) is 5.91 Å². The lowest BCUT2D eigenvalue weighted by molar-refractivity contribution is -0.169. The fourth-order valence-corrected chi connectivity index (χ4v) is 1.17. The zero-order valence-corrected chi connectivity index (χ0v) is 8.96. The summed E-state index contributed by atoms with van der Waals surface area (Å²) in [6.07, 6.45) is -2.26. The zero-order valence-electron chi connectivity index (χ0n) is 8.96. The molecule has 0 aliphatic heterocycles. The third-order valence-electron chi connectivity index (χ3n) is 2.17. The van der Waals surface area contributed by atoms with Crippen LogP contribution in [0.15, 0.2) is 12.3 Å². The van der Waals surface area contributed by atoms with Gasteiger partial charge in [0, 0.05) is 31.9 Å². The number of carbonyl (C=O) groups is 1. The molecule has 0 saturated carbocycles. The minimum Gasteiger partial charge on any atom is -0.350 e. The number of alkyl halides is 4. The molecule has 0 bridgehead atoms. The summed E-state index contributed by atoms with van der Waals surface area (Å²) in [5.41, 5.74) is 0.700. The molecule has 0 spiro atoms. The topological polar surface area (TPSA) is 46.9 Å². The Balaban J connectivity index is 2.42. The van der Waals surface area contributed by atoms with E-state index in [1.54, 1.807) is 18.4 Å². The van der Waals surface area contributed by atoms with Crippen molar-refractivity contribution in [1.29, 1.82) is 0 Å². The lowest BCUT2D eigenvalue weighted by Gasteiger charge is -2.14. The summed E-state index contributed by atoms with van der Waals surface area (Å²) in [6.45, 7) is -0.152. The van der Waals surface area contributed by atoms with E-state index in [0.717, 1.165) is 0 Å². The number of aromatic nitrogens is 2. The average Bonchev–Trinajstić information content (AvgIpc) is 2.64. The van der Waals surface area contributed by atoms with E-state index >= 15 is 0 Å². The molecule has 0 aliphatic carbocycles. The summed E-state index contributed by atoms with van der Waals surface area (Å²) >= 11 is 0. The van der Waals surface area contributed by atoms with Crippen LogP contribution in [-0.4, -0.2) is 34.6 Å². The van der Waals surface area contributed by atoms with E-state index in [1.807, 2.05) is 0 Å². The number of carbonyl (C=O) groups excluding carboxylic acids is 1. The van der Waals surface area contributed by atoms with Gasteiger partial charge in [0.2, 0.25) is 0 Å². The van der Waals surface area contributed by atoms with Gasteiger partial charge in [0.05, 0.1) is 0 Å². The van der Waals surface area contributed by atoms with Gasteiger partial charge < -0.3 is 5.32 Å². The fraction of sp³-hybridized carbons (Fsp3) is 0.556. The van der Waals surface area contributed by atoms with Gasteiger partial charge in [0.1, 0.15) is 0 Å². The van der Waals surface area contributed by atoms with Crippen LogP contribution in [0.4, 0.5) is 17.6 Å². The number of hydrogen-bond donors (Lipinski definition) is 1. The first kappa shape index (κ1) is 13.5. The quantitative estimate of drug-likeness (QED) is 0.795. The molecule has 1 amide bonds. The highest BCUT2D eigenvalue weighted by Crippen LogP contribution is 2.22. The summed E-state index contributed by atoms with van der Waals surface area (Å²) in [7, 11) is 1.64. The molecule has 17 heavy (non-hydrogen) atoms. The first-order valence-corrected chi connectivity index (χ1v) is 4.77. The van der Waals surface area contributed by atoms with E-state index in [2.05, 4.69) is 5.10 Å². The maximum Gasteiger partial charge on any atom is 0.383 e. The molecule has 0 aromatic carbocycles. The van der Waals surface area contributed by atoms with Crippen LogP contribution in [0.2, 0.25) is 0 Å². The van der Waals surface area contributed by atoms with Crippen LogP contribution in [0.25, 0.3) is 0 Å². The summed E-state index contributed by atoms with van der Waals surface area (Å²) < 4.78 is 50.1. The molecule has 1 heterocycles. The minimum atomic E-state index is -4.65. The molecule has 0 unspecified atom stereocenters. The molecular formula is C9H11F4N3O. The van der Waals surface area contributed by atoms with E-state index in [-0.39, 0.29) is 13.0 Å². The predicted octanol–water partition coefficient (Wildman–Crippen LogP) is 0.979. The Morgan fingerprint density at radius 3 is 2.71 bits per heavy atom. The summed E-state index contributed by atoms with van der Waals surface area (Å²) in [4.78, 5) is 10.8. The van der Waals surface area contributed by atoms with Crippen LogP contribution in [-0.2, 0) is 18.3 Å². The van der Waals surface area contributed by atoms with Crippen molar-refractivity contribution in [3.05, 3.63) is 18.0 Å². The van der Waals surface area contributed by atoms with Crippen molar-refractivity contribution in [1.82, 2.24) is 15.1 Å². The molecule has 0 radical (unpaired) electrons. The Hall–Kier alpha value is -1.60. The lowest BCUT2D eigenvalue weighted by Crippen LogP contribution is -2.45. The van der Waals surface area contributed by atoms with Crippen LogP contribution in [0.3, 0.4) is 0 Å².